The van der Waals surface area contributed by atoms with Crippen LogP contribution in [0.25, 0.3) is 10.9 Å². The van der Waals surface area contributed by atoms with Crippen LogP contribution in [0.2, 0.25) is 0 Å². The Morgan fingerprint density at radius 2 is 1.84 bits per heavy atom. The van der Waals surface area contributed by atoms with Gasteiger partial charge in [0.25, 0.3) is 0 Å². The first-order valence-electron chi connectivity index (χ1n) is 12.4. The Hall–Kier alpha value is -4.42. The molecule has 1 fully saturated rings. The number of benzene rings is 2. The lowest BCUT2D eigenvalue weighted by atomic mass is 10.1. The molecule has 2 aromatic heterocycles. The molecule has 9 heteroatoms. The molecule has 4 aromatic rings. The number of nitrogens with one attached hydrogen (secondary N) is 1. The maximum absolute atomic E-state index is 11.2. The number of primary amides is 1. The van der Waals surface area contributed by atoms with Crippen LogP contribution in [-0.2, 0) is 13.0 Å². The Labute approximate surface area is 215 Å². The monoisotopic (exact) mass is 495 g/mol. The number of nitriles is 1. The van der Waals surface area contributed by atoms with Gasteiger partial charge in [0.15, 0.2) is 5.75 Å². The van der Waals surface area contributed by atoms with Crippen molar-refractivity contribution >= 4 is 22.8 Å². The molecule has 0 aliphatic carbocycles. The number of ether oxygens (including phenoxy) is 1. The highest BCUT2D eigenvalue weighted by atomic mass is 16.5. The third-order valence-electron chi connectivity index (χ3n) is 6.73. The zero-order valence-electron chi connectivity index (χ0n) is 20.6. The molecule has 3 heterocycles. The highest BCUT2D eigenvalue weighted by molar-refractivity contribution is 5.92. The first-order chi connectivity index (χ1) is 18.1. The van der Waals surface area contributed by atoms with Gasteiger partial charge in [-0.15, -0.1) is 0 Å². The lowest BCUT2D eigenvalue weighted by Crippen LogP contribution is -2.47. The van der Waals surface area contributed by atoms with Crippen LogP contribution >= 0.6 is 0 Å². The molecule has 9 nitrogen and oxygen atoms in total. The molecular formula is C28H29N7O2. The fourth-order valence-corrected chi connectivity index (χ4v) is 4.60. The minimum atomic E-state index is -0.446. The molecule has 37 heavy (non-hydrogen) atoms. The molecule has 2 aromatic carbocycles. The van der Waals surface area contributed by atoms with Crippen molar-refractivity contribution in [3.05, 3.63) is 83.3 Å². The number of anilines is 1. The van der Waals surface area contributed by atoms with Gasteiger partial charge in [-0.05, 0) is 60.8 Å². The van der Waals surface area contributed by atoms with Crippen LogP contribution in [0.5, 0.6) is 5.75 Å². The molecule has 0 bridgehead atoms. The summed E-state index contributed by atoms with van der Waals surface area (Å²) >= 11 is 0. The Bertz CT molecular complexity index is 1400. The fraction of sp³-hybridized carbons (Fsp3) is 0.286. The summed E-state index contributed by atoms with van der Waals surface area (Å²) in [5, 5.41) is 10.3. The van der Waals surface area contributed by atoms with E-state index >= 15 is 0 Å². The molecule has 0 unspecified atom stereocenters. The molecule has 1 aliphatic rings. The highest BCUT2D eigenvalue weighted by Gasteiger charge is 2.19. The van der Waals surface area contributed by atoms with Gasteiger partial charge in [0.1, 0.15) is 6.61 Å². The van der Waals surface area contributed by atoms with E-state index in [2.05, 4.69) is 37.0 Å². The second-order valence-corrected chi connectivity index (χ2v) is 9.19. The summed E-state index contributed by atoms with van der Waals surface area (Å²) in [6.45, 7) is 5.09. The number of carbonyl (C=O) groups excluding carboxylic acids is 1. The van der Waals surface area contributed by atoms with Crippen molar-refractivity contribution in [2.75, 3.05) is 37.6 Å². The molecule has 0 spiro atoms. The van der Waals surface area contributed by atoms with E-state index < -0.39 is 5.91 Å². The number of rotatable bonds is 9. The molecule has 1 amide bonds. The van der Waals surface area contributed by atoms with E-state index in [1.165, 1.54) is 5.56 Å². The molecule has 0 atom stereocenters. The standard InChI is InChI=1S/C28H29N7O2/c29-15-21-5-8-26-25(14-21)23(16-31-26)2-1-9-34-10-12-35(13-11-34)28-32-17-24(18-33-28)37-19-20-3-6-22(7-4-20)27(30)36/h3-8,14,16-18,31H,1-2,9-13,19H2,(H2,30,36). The summed E-state index contributed by atoms with van der Waals surface area (Å²) in [7, 11) is 0. The van der Waals surface area contributed by atoms with E-state index in [9.17, 15) is 10.1 Å². The average molecular weight is 496 g/mol. The first-order valence-corrected chi connectivity index (χ1v) is 12.4. The van der Waals surface area contributed by atoms with E-state index in [1.54, 1.807) is 24.5 Å². The Morgan fingerprint density at radius 3 is 2.54 bits per heavy atom. The third-order valence-corrected chi connectivity index (χ3v) is 6.73. The second kappa shape index (κ2) is 11.1. The number of aromatic nitrogens is 3. The minimum Gasteiger partial charge on any atom is -0.486 e. The van der Waals surface area contributed by atoms with Gasteiger partial charge < -0.3 is 20.4 Å². The highest BCUT2D eigenvalue weighted by Crippen LogP contribution is 2.21. The molecule has 188 valence electrons. The molecule has 0 radical (unpaired) electrons. The lowest BCUT2D eigenvalue weighted by Gasteiger charge is -2.34. The fourth-order valence-electron chi connectivity index (χ4n) is 4.60. The number of nitrogens with zero attached hydrogens (tertiary/aromatic N) is 5. The van der Waals surface area contributed by atoms with Gasteiger partial charge in [0.2, 0.25) is 11.9 Å². The first kappa shape index (κ1) is 24.3. The molecule has 1 saturated heterocycles. The Kier molecular flexibility index (Phi) is 7.28. The zero-order chi connectivity index (χ0) is 25.6. The smallest absolute Gasteiger partial charge is 0.248 e. The van der Waals surface area contributed by atoms with Gasteiger partial charge in [0.05, 0.1) is 24.0 Å². The summed E-state index contributed by atoms with van der Waals surface area (Å²) in [6, 6.07) is 15.0. The van der Waals surface area contributed by atoms with Gasteiger partial charge in [0, 0.05) is 48.8 Å². The minimum absolute atomic E-state index is 0.360. The second-order valence-electron chi connectivity index (χ2n) is 9.19. The summed E-state index contributed by atoms with van der Waals surface area (Å²) in [5.41, 5.74) is 9.73. The molecule has 0 saturated carbocycles. The van der Waals surface area contributed by atoms with Gasteiger partial charge in [-0.2, -0.15) is 5.26 Å². The quantitative estimate of drug-likeness (QED) is 0.365. The zero-order valence-corrected chi connectivity index (χ0v) is 20.6. The Balaban J connectivity index is 1.06. The summed E-state index contributed by atoms with van der Waals surface area (Å²) in [6.07, 6.45) is 7.51. The molecule has 5 rings (SSSR count). The van der Waals surface area contributed by atoms with Gasteiger partial charge >= 0.3 is 0 Å². The number of piperazine rings is 1. The number of aryl methyl sites for hydroxylation is 1. The summed E-state index contributed by atoms with van der Waals surface area (Å²) < 4.78 is 5.78. The third kappa shape index (κ3) is 5.88. The number of H-pyrrole nitrogens is 1. The van der Waals surface area contributed by atoms with Crippen molar-refractivity contribution < 1.29 is 9.53 Å². The van der Waals surface area contributed by atoms with Crippen LogP contribution in [0, 0.1) is 11.3 Å². The SMILES string of the molecule is N#Cc1ccc2[nH]cc(CCCN3CCN(c4ncc(OCc5ccc(C(N)=O)cc5)cn4)CC3)c2c1. The van der Waals surface area contributed by atoms with Crippen molar-refractivity contribution in [2.45, 2.75) is 19.4 Å². The van der Waals surface area contributed by atoms with Crippen LogP contribution in [0.1, 0.15) is 33.5 Å². The number of aromatic amines is 1. The van der Waals surface area contributed by atoms with Gasteiger partial charge in [-0.3, -0.25) is 9.69 Å². The predicted molar refractivity (Wildman–Crippen MR) is 141 cm³/mol. The summed E-state index contributed by atoms with van der Waals surface area (Å²) in [4.78, 5) is 28.2. The van der Waals surface area contributed by atoms with Crippen LogP contribution in [0.15, 0.2) is 61.1 Å². The number of amides is 1. The largest absolute Gasteiger partial charge is 0.486 e. The van der Waals surface area contributed by atoms with Gasteiger partial charge in [-0.25, -0.2) is 9.97 Å². The van der Waals surface area contributed by atoms with E-state index in [-0.39, 0.29) is 0 Å². The van der Waals surface area contributed by atoms with Crippen molar-refractivity contribution in [3.63, 3.8) is 0 Å². The number of fused-ring (bicyclic) bond motifs is 1. The van der Waals surface area contributed by atoms with E-state index in [0.717, 1.165) is 62.0 Å². The van der Waals surface area contributed by atoms with Crippen molar-refractivity contribution in [2.24, 2.45) is 5.73 Å². The van der Waals surface area contributed by atoms with E-state index in [0.29, 0.717) is 29.4 Å². The van der Waals surface area contributed by atoms with Crippen LogP contribution in [0.3, 0.4) is 0 Å². The van der Waals surface area contributed by atoms with E-state index in [4.69, 9.17) is 10.5 Å². The maximum atomic E-state index is 11.2. The van der Waals surface area contributed by atoms with Crippen LogP contribution < -0.4 is 15.4 Å². The van der Waals surface area contributed by atoms with Crippen molar-refractivity contribution in [1.82, 2.24) is 19.9 Å². The van der Waals surface area contributed by atoms with Crippen LogP contribution in [0.4, 0.5) is 5.95 Å². The number of nitrogens with two attached hydrogens (primary N) is 1. The molecule has 1 aliphatic heterocycles. The maximum Gasteiger partial charge on any atom is 0.248 e. The van der Waals surface area contributed by atoms with E-state index in [1.807, 2.05) is 30.3 Å². The normalized spacial score (nSPS) is 14.0. The lowest BCUT2D eigenvalue weighted by molar-refractivity contribution is 0.1000. The predicted octanol–water partition coefficient (Wildman–Crippen LogP) is 3.26. The molecular weight excluding hydrogens is 466 g/mol. The van der Waals surface area contributed by atoms with Crippen LogP contribution in [-0.4, -0.2) is 58.5 Å². The average Bonchev–Trinajstić information content (AvgIpc) is 3.35. The number of hydrogen-bond donors (Lipinski definition) is 2. The molecule has 3 N–H and O–H groups in total. The Morgan fingerprint density at radius 1 is 1.08 bits per heavy atom. The topological polar surface area (TPSA) is 124 Å². The number of carbonyl (C=O) groups is 1. The summed E-state index contributed by atoms with van der Waals surface area (Å²) in [5.74, 6) is 0.865. The number of hydrogen-bond acceptors (Lipinski definition) is 7. The van der Waals surface area contributed by atoms with Crippen molar-refractivity contribution in [3.8, 4) is 11.8 Å². The van der Waals surface area contributed by atoms with Crippen molar-refractivity contribution in [1.29, 1.82) is 5.26 Å². The van der Waals surface area contributed by atoms with Gasteiger partial charge in [-0.1, -0.05) is 12.1 Å².